The first-order valence-corrected chi connectivity index (χ1v) is 7.90. The van der Waals surface area contributed by atoms with E-state index in [2.05, 4.69) is 4.98 Å². The van der Waals surface area contributed by atoms with Crippen LogP contribution in [0, 0.1) is 0 Å². The van der Waals surface area contributed by atoms with E-state index in [-0.39, 0.29) is 13.0 Å². The number of carbonyl (C=O) groups is 2. The highest BCUT2D eigenvalue weighted by Crippen LogP contribution is 2.30. The summed E-state index contributed by atoms with van der Waals surface area (Å²) in [6, 6.07) is 6.20. The second kappa shape index (κ2) is 6.84. The van der Waals surface area contributed by atoms with Crippen LogP contribution in [0.5, 0.6) is 11.6 Å². The van der Waals surface area contributed by atoms with Crippen molar-refractivity contribution in [2.24, 2.45) is 0 Å². The third kappa shape index (κ3) is 3.42. The van der Waals surface area contributed by atoms with Crippen LogP contribution in [0.1, 0.15) is 13.3 Å². The van der Waals surface area contributed by atoms with Crippen LogP contribution < -0.4 is 9.47 Å². The molecule has 2 heterocycles. The first kappa shape index (κ1) is 16.8. The largest absolute Gasteiger partial charge is 0.494 e. The smallest absolute Gasteiger partial charge is 0.408 e. The van der Waals surface area contributed by atoms with Crippen molar-refractivity contribution in [2.45, 2.75) is 25.5 Å². The van der Waals surface area contributed by atoms with Crippen LogP contribution in [0.4, 0.5) is 4.79 Å². The summed E-state index contributed by atoms with van der Waals surface area (Å²) >= 11 is 0. The highest BCUT2D eigenvalue weighted by Gasteiger charge is 2.41. The van der Waals surface area contributed by atoms with Gasteiger partial charge in [-0.15, -0.1) is 0 Å². The van der Waals surface area contributed by atoms with Gasteiger partial charge in [0, 0.05) is 18.0 Å². The lowest BCUT2D eigenvalue weighted by Crippen LogP contribution is -2.39. The van der Waals surface area contributed by atoms with Crippen LogP contribution in [0.25, 0.3) is 10.8 Å². The zero-order valence-corrected chi connectivity index (χ0v) is 13.6. The third-order valence-electron chi connectivity index (χ3n) is 4.08. The lowest BCUT2D eigenvalue weighted by atomic mass is 10.1. The van der Waals surface area contributed by atoms with E-state index in [0.717, 1.165) is 21.4 Å². The first-order valence-electron chi connectivity index (χ1n) is 7.90. The van der Waals surface area contributed by atoms with Crippen molar-refractivity contribution in [1.82, 2.24) is 9.88 Å². The third-order valence-corrected chi connectivity index (χ3v) is 4.08. The number of amides is 1. The SMILES string of the molecule is CCOc1ccc2c(O[C@@H]3C[C@@H](C(=O)O)N(C(=O)O)C3)nccc2c1. The van der Waals surface area contributed by atoms with E-state index in [1.165, 1.54) is 0 Å². The Morgan fingerprint density at radius 1 is 1.32 bits per heavy atom. The van der Waals surface area contributed by atoms with Crippen molar-refractivity contribution >= 4 is 22.8 Å². The molecular weight excluding hydrogens is 328 g/mol. The Labute approximate surface area is 143 Å². The molecule has 1 saturated heterocycles. The predicted octanol–water partition coefficient (Wildman–Crippen LogP) is 2.22. The Hall–Kier alpha value is -3.03. The number of likely N-dealkylation sites (tertiary alicyclic amines) is 1. The zero-order valence-electron chi connectivity index (χ0n) is 13.6. The van der Waals surface area contributed by atoms with Crippen molar-refractivity contribution in [1.29, 1.82) is 0 Å². The summed E-state index contributed by atoms with van der Waals surface area (Å²) in [5.74, 6) is -0.0985. The van der Waals surface area contributed by atoms with E-state index >= 15 is 0 Å². The normalized spacial score (nSPS) is 19.8. The zero-order chi connectivity index (χ0) is 18.0. The van der Waals surface area contributed by atoms with Gasteiger partial charge < -0.3 is 19.7 Å². The summed E-state index contributed by atoms with van der Waals surface area (Å²) in [4.78, 5) is 27.5. The topological polar surface area (TPSA) is 109 Å². The lowest BCUT2D eigenvalue weighted by Gasteiger charge is -2.16. The average Bonchev–Trinajstić information content (AvgIpc) is 3.00. The molecule has 1 aromatic heterocycles. The molecule has 1 aromatic carbocycles. The maximum absolute atomic E-state index is 11.2. The van der Waals surface area contributed by atoms with E-state index in [1.54, 1.807) is 12.3 Å². The van der Waals surface area contributed by atoms with E-state index in [0.29, 0.717) is 12.5 Å². The highest BCUT2D eigenvalue weighted by atomic mass is 16.5. The van der Waals surface area contributed by atoms with E-state index in [9.17, 15) is 14.7 Å². The number of aromatic nitrogens is 1. The number of rotatable bonds is 5. The monoisotopic (exact) mass is 346 g/mol. The maximum Gasteiger partial charge on any atom is 0.408 e. The van der Waals surface area contributed by atoms with Crippen molar-refractivity contribution in [3.05, 3.63) is 30.5 Å². The average molecular weight is 346 g/mol. The quantitative estimate of drug-likeness (QED) is 0.854. The summed E-state index contributed by atoms with van der Waals surface area (Å²) in [6.07, 6.45) is -0.171. The number of ether oxygens (including phenoxy) is 2. The van der Waals surface area contributed by atoms with E-state index in [1.807, 2.05) is 25.1 Å². The molecule has 0 unspecified atom stereocenters. The van der Waals surface area contributed by atoms with Gasteiger partial charge in [-0.1, -0.05) is 0 Å². The van der Waals surface area contributed by atoms with Crippen LogP contribution in [0.15, 0.2) is 30.5 Å². The fraction of sp³-hybridized carbons (Fsp3) is 0.353. The van der Waals surface area contributed by atoms with Crippen molar-refractivity contribution in [2.75, 3.05) is 13.2 Å². The van der Waals surface area contributed by atoms with Gasteiger partial charge in [-0.25, -0.2) is 14.6 Å². The van der Waals surface area contributed by atoms with Crippen LogP contribution in [-0.2, 0) is 4.79 Å². The second-order valence-electron chi connectivity index (χ2n) is 5.70. The van der Waals surface area contributed by atoms with Gasteiger partial charge in [-0.05, 0) is 36.6 Å². The molecule has 0 bridgehead atoms. The summed E-state index contributed by atoms with van der Waals surface area (Å²) in [5, 5.41) is 20.0. The minimum atomic E-state index is -1.27. The van der Waals surface area contributed by atoms with Gasteiger partial charge in [0.05, 0.1) is 13.2 Å². The van der Waals surface area contributed by atoms with Crippen LogP contribution in [0.2, 0.25) is 0 Å². The Morgan fingerprint density at radius 2 is 2.12 bits per heavy atom. The lowest BCUT2D eigenvalue weighted by molar-refractivity contribution is -0.141. The minimum Gasteiger partial charge on any atom is -0.494 e. The molecule has 0 saturated carbocycles. The van der Waals surface area contributed by atoms with E-state index in [4.69, 9.17) is 14.6 Å². The number of carboxylic acids is 1. The summed E-state index contributed by atoms with van der Waals surface area (Å²) in [5.41, 5.74) is 0. The van der Waals surface area contributed by atoms with Gasteiger partial charge in [0.15, 0.2) is 0 Å². The molecule has 8 heteroatoms. The number of hydrogen-bond acceptors (Lipinski definition) is 5. The molecule has 1 aliphatic heterocycles. The summed E-state index contributed by atoms with van der Waals surface area (Å²) in [7, 11) is 0. The number of benzene rings is 1. The van der Waals surface area contributed by atoms with E-state index < -0.39 is 24.2 Å². The fourth-order valence-corrected chi connectivity index (χ4v) is 2.96. The molecule has 25 heavy (non-hydrogen) atoms. The molecule has 0 spiro atoms. The fourth-order valence-electron chi connectivity index (χ4n) is 2.96. The number of fused-ring (bicyclic) bond motifs is 1. The Morgan fingerprint density at radius 3 is 2.76 bits per heavy atom. The molecule has 2 atom stereocenters. The standard InChI is InChI=1S/C17H18N2O6/c1-2-24-11-3-4-13-10(7-11)5-6-18-15(13)25-12-8-14(16(20)21)19(9-12)17(22)23/h3-7,12,14H,2,8-9H2,1H3,(H,20,21)(H,22,23)/t12-,14+/m1/s1. The number of aliphatic carboxylic acids is 1. The molecular formula is C17H18N2O6. The van der Waals surface area contributed by atoms with Crippen molar-refractivity contribution < 1.29 is 29.3 Å². The summed E-state index contributed by atoms with van der Waals surface area (Å²) in [6.45, 7) is 2.45. The minimum absolute atomic E-state index is 0.0125. The molecule has 132 valence electrons. The molecule has 1 fully saturated rings. The second-order valence-corrected chi connectivity index (χ2v) is 5.70. The maximum atomic E-state index is 11.2. The molecule has 1 aliphatic rings. The number of hydrogen-bond donors (Lipinski definition) is 2. The molecule has 8 nitrogen and oxygen atoms in total. The van der Waals surface area contributed by atoms with Gasteiger partial charge in [0.2, 0.25) is 5.88 Å². The van der Waals surface area contributed by atoms with Gasteiger partial charge >= 0.3 is 12.1 Å². The summed E-state index contributed by atoms with van der Waals surface area (Å²) < 4.78 is 11.3. The Bertz CT molecular complexity index is 787. The Kier molecular flexibility index (Phi) is 4.60. The van der Waals surface area contributed by atoms with Crippen LogP contribution in [-0.4, -0.2) is 57.5 Å². The van der Waals surface area contributed by atoms with Crippen molar-refractivity contribution in [3.8, 4) is 11.6 Å². The van der Waals surface area contributed by atoms with Gasteiger partial charge in [-0.3, -0.25) is 4.90 Å². The van der Waals surface area contributed by atoms with Crippen LogP contribution in [0.3, 0.4) is 0 Å². The molecule has 2 N–H and O–H groups in total. The Balaban J connectivity index is 1.83. The molecule has 0 radical (unpaired) electrons. The van der Waals surface area contributed by atoms with Gasteiger partial charge in [-0.2, -0.15) is 0 Å². The van der Waals surface area contributed by atoms with Crippen molar-refractivity contribution in [3.63, 3.8) is 0 Å². The van der Waals surface area contributed by atoms with Gasteiger partial charge in [0.1, 0.15) is 17.9 Å². The first-order chi connectivity index (χ1) is 12.0. The number of pyridine rings is 1. The van der Waals surface area contributed by atoms with Crippen LogP contribution >= 0.6 is 0 Å². The molecule has 3 rings (SSSR count). The molecule has 0 aliphatic carbocycles. The molecule has 2 aromatic rings. The highest BCUT2D eigenvalue weighted by molar-refractivity contribution is 5.88. The molecule has 1 amide bonds. The number of nitrogens with zero attached hydrogens (tertiary/aromatic N) is 2. The predicted molar refractivity (Wildman–Crippen MR) is 88.1 cm³/mol. The van der Waals surface area contributed by atoms with Gasteiger partial charge in [0.25, 0.3) is 0 Å². The number of carboxylic acid groups (broad SMARTS) is 2.